The molecule has 0 atom stereocenters. The highest BCUT2D eigenvalue weighted by Crippen LogP contribution is 2.32. The molecule has 2 fully saturated rings. The minimum atomic E-state index is 0.00946. The molecule has 0 aromatic heterocycles. The fourth-order valence-corrected chi connectivity index (χ4v) is 5.01. The van der Waals surface area contributed by atoms with Gasteiger partial charge < -0.3 is 9.64 Å². The zero-order valence-corrected chi connectivity index (χ0v) is 20.3. The lowest BCUT2D eigenvalue weighted by Crippen LogP contribution is -2.41. The number of benzene rings is 2. The molecule has 2 aromatic carbocycles. The highest BCUT2D eigenvalue weighted by atomic mass is 79.9. The van der Waals surface area contributed by atoms with Crippen molar-refractivity contribution in [2.75, 3.05) is 7.05 Å². The van der Waals surface area contributed by atoms with Crippen LogP contribution in [0.3, 0.4) is 0 Å². The van der Waals surface area contributed by atoms with Crippen LogP contribution in [0.5, 0.6) is 5.75 Å². The van der Waals surface area contributed by atoms with Crippen LogP contribution >= 0.6 is 28.1 Å². The number of rotatable bonds is 5. The van der Waals surface area contributed by atoms with E-state index in [1.165, 1.54) is 12.0 Å². The van der Waals surface area contributed by atoms with Crippen molar-refractivity contribution in [2.45, 2.75) is 51.7 Å². The standard InChI is InChI=1S/C25H27BrN2O2S/c1-17-8-10-18(11-9-17)16-30-23-13-12-19(14-21(23)26)15-22-24(29)28(25(31)27(22)2)20-6-4-3-5-7-20/h8-15,20H,3-7,16H2,1-2H3/b22-15-. The van der Waals surface area contributed by atoms with Gasteiger partial charge in [-0.2, -0.15) is 0 Å². The summed E-state index contributed by atoms with van der Waals surface area (Å²) in [6, 6.07) is 14.4. The molecule has 1 heterocycles. The van der Waals surface area contributed by atoms with Crippen molar-refractivity contribution >= 4 is 45.2 Å². The molecule has 4 nitrogen and oxygen atoms in total. The van der Waals surface area contributed by atoms with Gasteiger partial charge in [0, 0.05) is 13.1 Å². The van der Waals surface area contributed by atoms with Crippen molar-refractivity contribution in [3.63, 3.8) is 0 Å². The molecule has 4 rings (SSSR count). The van der Waals surface area contributed by atoms with Crippen LogP contribution in [0.25, 0.3) is 6.08 Å². The van der Waals surface area contributed by atoms with Gasteiger partial charge in [-0.15, -0.1) is 0 Å². The summed E-state index contributed by atoms with van der Waals surface area (Å²) in [4.78, 5) is 16.8. The molecule has 0 bridgehead atoms. The molecule has 0 spiro atoms. The summed E-state index contributed by atoms with van der Waals surface area (Å²) in [5, 5.41) is 0.611. The Morgan fingerprint density at radius 3 is 2.52 bits per heavy atom. The molecule has 0 radical (unpaired) electrons. The maximum Gasteiger partial charge on any atom is 0.277 e. The fraction of sp³-hybridized carbons (Fsp3) is 0.360. The molecule has 31 heavy (non-hydrogen) atoms. The van der Waals surface area contributed by atoms with E-state index in [4.69, 9.17) is 17.0 Å². The second-order valence-corrected chi connectivity index (χ2v) is 9.52. The normalized spacial score (nSPS) is 18.9. The van der Waals surface area contributed by atoms with Crippen LogP contribution in [-0.2, 0) is 11.4 Å². The molecule has 0 N–H and O–H groups in total. The van der Waals surface area contributed by atoms with Crippen molar-refractivity contribution in [3.8, 4) is 5.75 Å². The van der Waals surface area contributed by atoms with Gasteiger partial charge in [-0.3, -0.25) is 9.69 Å². The van der Waals surface area contributed by atoms with E-state index in [-0.39, 0.29) is 11.9 Å². The van der Waals surface area contributed by atoms with Gasteiger partial charge >= 0.3 is 0 Å². The van der Waals surface area contributed by atoms with E-state index < -0.39 is 0 Å². The van der Waals surface area contributed by atoms with Crippen LogP contribution in [0.1, 0.15) is 48.8 Å². The number of aryl methyl sites for hydroxylation is 1. The number of amides is 1. The van der Waals surface area contributed by atoms with Crippen molar-refractivity contribution in [3.05, 3.63) is 69.3 Å². The van der Waals surface area contributed by atoms with Crippen molar-refractivity contribution < 1.29 is 9.53 Å². The monoisotopic (exact) mass is 498 g/mol. The van der Waals surface area contributed by atoms with Crippen LogP contribution in [0.2, 0.25) is 0 Å². The summed E-state index contributed by atoms with van der Waals surface area (Å²) in [6.45, 7) is 2.58. The summed E-state index contributed by atoms with van der Waals surface area (Å²) in [5.41, 5.74) is 3.90. The van der Waals surface area contributed by atoms with E-state index in [9.17, 15) is 4.79 Å². The summed E-state index contributed by atoms with van der Waals surface area (Å²) in [7, 11) is 1.88. The lowest BCUT2D eigenvalue weighted by Gasteiger charge is -2.30. The molecular weight excluding hydrogens is 472 g/mol. The van der Waals surface area contributed by atoms with Gasteiger partial charge in [0.1, 0.15) is 18.1 Å². The first-order chi connectivity index (χ1) is 14.9. The first kappa shape index (κ1) is 22.0. The molecule has 162 valence electrons. The zero-order chi connectivity index (χ0) is 22.0. The second-order valence-electron chi connectivity index (χ2n) is 8.30. The lowest BCUT2D eigenvalue weighted by atomic mass is 9.94. The second kappa shape index (κ2) is 9.53. The molecule has 2 aromatic rings. The van der Waals surface area contributed by atoms with E-state index >= 15 is 0 Å². The molecule has 2 aliphatic rings. The van der Waals surface area contributed by atoms with Crippen LogP contribution in [-0.4, -0.2) is 33.9 Å². The van der Waals surface area contributed by atoms with Gasteiger partial charge in [0.05, 0.1) is 4.47 Å². The van der Waals surface area contributed by atoms with Gasteiger partial charge in [-0.05, 0) is 77.2 Å². The minimum Gasteiger partial charge on any atom is -0.488 e. The molecule has 1 aliphatic heterocycles. The highest BCUT2D eigenvalue weighted by molar-refractivity contribution is 9.10. The summed E-state index contributed by atoms with van der Waals surface area (Å²) < 4.78 is 6.82. The van der Waals surface area contributed by atoms with Crippen LogP contribution in [0.4, 0.5) is 0 Å². The molecule has 1 saturated carbocycles. The highest BCUT2D eigenvalue weighted by Gasteiger charge is 2.40. The van der Waals surface area contributed by atoms with Crippen molar-refractivity contribution in [1.82, 2.24) is 9.80 Å². The average Bonchev–Trinajstić information content (AvgIpc) is 2.98. The Kier molecular flexibility index (Phi) is 6.77. The Balaban J connectivity index is 1.49. The average molecular weight is 499 g/mol. The predicted molar refractivity (Wildman–Crippen MR) is 132 cm³/mol. The maximum absolute atomic E-state index is 13.2. The third-order valence-electron chi connectivity index (χ3n) is 6.01. The molecule has 0 unspecified atom stereocenters. The SMILES string of the molecule is Cc1ccc(COc2ccc(/C=C3/C(=O)N(C4CCCCC4)C(=S)N3C)cc2Br)cc1. The number of hydrogen-bond acceptors (Lipinski definition) is 3. The van der Waals surface area contributed by atoms with Gasteiger partial charge in [-0.1, -0.05) is 55.2 Å². The van der Waals surface area contributed by atoms with Crippen LogP contribution in [0, 0.1) is 6.92 Å². The quantitative estimate of drug-likeness (QED) is 0.369. The van der Waals surface area contributed by atoms with Gasteiger partial charge in [0.15, 0.2) is 5.11 Å². The first-order valence-corrected chi connectivity index (χ1v) is 11.9. The molecular formula is C25H27BrN2O2S. The Labute approximate surface area is 198 Å². The van der Waals surface area contributed by atoms with Crippen molar-refractivity contribution in [1.29, 1.82) is 0 Å². The summed E-state index contributed by atoms with van der Waals surface area (Å²) in [6.07, 6.45) is 7.55. The van der Waals surface area contributed by atoms with Gasteiger partial charge in [-0.25, -0.2) is 0 Å². The third-order valence-corrected chi connectivity index (χ3v) is 7.10. The summed E-state index contributed by atoms with van der Waals surface area (Å²) in [5.74, 6) is 0.781. The van der Waals surface area contributed by atoms with E-state index in [0.717, 1.165) is 47.0 Å². The number of halogens is 1. The van der Waals surface area contributed by atoms with Crippen LogP contribution in [0.15, 0.2) is 52.6 Å². The number of hydrogen-bond donors (Lipinski definition) is 0. The molecule has 1 aliphatic carbocycles. The lowest BCUT2D eigenvalue weighted by molar-refractivity contribution is -0.124. The number of carbonyl (C=O) groups excluding carboxylic acids is 1. The maximum atomic E-state index is 13.2. The van der Waals surface area contributed by atoms with E-state index in [1.807, 2.05) is 41.1 Å². The van der Waals surface area contributed by atoms with Gasteiger partial charge in [0.25, 0.3) is 5.91 Å². The molecule has 1 saturated heterocycles. The third kappa shape index (κ3) is 4.85. The molecule has 6 heteroatoms. The van der Waals surface area contributed by atoms with Crippen molar-refractivity contribution in [2.24, 2.45) is 0 Å². The first-order valence-electron chi connectivity index (χ1n) is 10.7. The minimum absolute atomic E-state index is 0.00946. The number of carbonyl (C=O) groups is 1. The van der Waals surface area contributed by atoms with Crippen LogP contribution < -0.4 is 4.74 Å². The summed E-state index contributed by atoms with van der Waals surface area (Å²) >= 11 is 9.22. The Morgan fingerprint density at radius 1 is 1.13 bits per heavy atom. The predicted octanol–water partition coefficient (Wildman–Crippen LogP) is 6.07. The zero-order valence-electron chi connectivity index (χ0n) is 17.9. The van der Waals surface area contributed by atoms with E-state index in [1.54, 1.807) is 0 Å². The molecule has 1 amide bonds. The Bertz CT molecular complexity index is 1010. The van der Waals surface area contributed by atoms with E-state index in [2.05, 4.69) is 47.1 Å². The topological polar surface area (TPSA) is 32.8 Å². The smallest absolute Gasteiger partial charge is 0.277 e. The Hall–Kier alpha value is -2.18. The van der Waals surface area contributed by atoms with E-state index in [0.29, 0.717) is 17.4 Å². The largest absolute Gasteiger partial charge is 0.488 e. The Morgan fingerprint density at radius 2 is 1.84 bits per heavy atom. The number of nitrogens with zero attached hydrogens (tertiary/aromatic N) is 2. The van der Waals surface area contributed by atoms with Gasteiger partial charge in [0.2, 0.25) is 0 Å². The number of likely N-dealkylation sites (N-methyl/N-ethyl adjacent to an activating group) is 1. The fourth-order valence-electron chi connectivity index (χ4n) is 4.17. The number of ether oxygens (including phenoxy) is 1. The number of thiocarbonyl (C=S) groups is 1.